The molecule has 0 bridgehead atoms. The summed E-state index contributed by atoms with van der Waals surface area (Å²) in [5.41, 5.74) is 1.88. The van der Waals surface area contributed by atoms with E-state index in [1.54, 1.807) is 6.92 Å². The molecule has 0 radical (unpaired) electrons. The number of benzene rings is 1. The van der Waals surface area contributed by atoms with Gasteiger partial charge in [-0.3, -0.25) is 4.90 Å². The normalized spacial score (nSPS) is 22.9. The van der Waals surface area contributed by atoms with Gasteiger partial charge in [0.05, 0.1) is 12.4 Å². The molecular formula is C19H29F3N2O3S. The standard InChI is InChI=1S/C19H29F3N2O3S/c1-4-16-9-10-24(12-18(16)27-13-19(20,21)22)11-15-5-7-17(8-6-15)14(2)23-28(3,25)26/h5-8,14,16,18,23H,4,9-13H2,1-3H3/t14-,16?,18?/m1/s1. The van der Waals surface area contributed by atoms with Gasteiger partial charge < -0.3 is 4.74 Å². The summed E-state index contributed by atoms with van der Waals surface area (Å²) in [5.74, 6) is 0.142. The van der Waals surface area contributed by atoms with Gasteiger partial charge in [0.15, 0.2) is 0 Å². The lowest BCUT2D eigenvalue weighted by atomic mass is 9.91. The van der Waals surface area contributed by atoms with Crippen LogP contribution in [0.2, 0.25) is 0 Å². The summed E-state index contributed by atoms with van der Waals surface area (Å²) in [6, 6.07) is 7.26. The van der Waals surface area contributed by atoms with Crippen LogP contribution in [0.25, 0.3) is 0 Å². The SMILES string of the molecule is CCC1CCN(Cc2ccc([C@@H](C)NS(C)(=O)=O)cc2)CC1OCC(F)(F)F. The quantitative estimate of drug-likeness (QED) is 0.697. The first kappa shape index (κ1) is 23.1. The van der Waals surface area contributed by atoms with Gasteiger partial charge in [0.1, 0.15) is 6.61 Å². The maximum atomic E-state index is 12.5. The van der Waals surface area contributed by atoms with Crippen molar-refractivity contribution >= 4 is 10.0 Å². The van der Waals surface area contributed by atoms with Gasteiger partial charge in [0.25, 0.3) is 0 Å². The van der Waals surface area contributed by atoms with Crippen LogP contribution in [0, 0.1) is 5.92 Å². The molecule has 1 fully saturated rings. The summed E-state index contributed by atoms with van der Waals surface area (Å²) in [4.78, 5) is 2.11. The topological polar surface area (TPSA) is 58.6 Å². The summed E-state index contributed by atoms with van der Waals surface area (Å²) in [7, 11) is -3.29. The summed E-state index contributed by atoms with van der Waals surface area (Å²) < 4.78 is 67.9. The van der Waals surface area contributed by atoms with Gasteiger partial charge in [-0.2, -0.15) is 13.2 Å². The van der Waals surface area contributed by atoms with Crippen molar-refractivity contribution < 1.29 is 26.3 Å². The van der Waals surface area contributed by atoms with E-state index in [0.717, 1.165) is 36.8 Å². The molecule has 1 aromatic carbocycles. The third-order valence-corrected chi connectivity index (χ3v) is 5.82. The molecule has 0 amide bonds. The maximum absolute atomic E-state index is 12.5. The highest BCUT2D eigenvalue weighted by atomic mass is 32.2. The monoisotopic (exact) mass is 422 g/mol. The third-order valence-electron chi connectivity index (χ3n) is 5.04. The van der Waals surface area contributed by atoms with Gasteiger partial charge in [-0.25, -0.2) is 13.1 Å². The summed E-state index contributed by atoms with van der Waals surface area (Å²) in [5, 5.41) is 0. The van der Waals surface area contributed by atoms with Crippen molar-refractivity contribution in [3.05, 3.63) is 35.4 Å². The van der Waals surface area contributed by atoms with Crippen LogP contribution in [0.3, 0.4) is 0 Å². The van der Waals surface area contributed by atoms with E-state index in [-0.39, 0.29) is 12.0 Å². The molecule has 1 aromatic rings. The molecule has 1 saturated heterocycles. The Bertz CT molecular complexity index is 723. The van der Waals surface area contributed by atoms with E-state index in [0.29, 0.717) is 13.1 Å². The van der Waals surface area contributed by atoms with E-state index in [4.69, 9.17) is 4.74 Å². The number of piperidine rings is 1. The van der Waals surface area contributed by atoms with Crippen molar-refractivity contribution in [2.24, 2.45) is 5.92 Å². The largest absolute Gasteiger partial charge is 0.411 e. The van der Waals surface area contributed by atoms with Gasteiger partial charge >= 0.3 is 6.18 Å². The molecule has 1 N–H and O–H groups in total. The molecule has 28 heavy (non-hydrogen) atoms. The van der Waals surface area contributed by atoms with E-state index in [1.807, 2.05) is 31.2 Å². The minimum Gasteiger partial charge on any atom is -0.367 e. The van der Waals surface area contributed by atoms with E-state index in [1.165, 1.54) is 0 Å². The first-order valence-electron chi connectivity index (χ1n) is 9.43. The van der Waals surface area contributed by atoms with Crippen LogP contribution in [-0.4, -0.2) is 51.6 Å². The molecule has 1 heterocycles. The van der Waals surface area contributed by atoms with Gasteiger partial charge in [-0.1, -0.05) is 37.6 Å². The Labute approximate surface area is 165 Å². The van der Waals surface area contributed by atoms with Gasteiger partial charge in [-0.05, 0) is 36.9 Å². The molecule has 0 aromatic heterocycles. The second-order valence-corrected chi connectivity index (χ2v) is 9.29. The minimum atomic E-state index is -4.31. The highest BCUT2D eigenvalue weighted by molar-refractivity contribution is 7.88. The second-order valence-electron chi connectivity index (χ2n) is 7.51. The molecule has 160 valence electrons. The number of nitrogens with one attached hydrogen (secondary N) is 1. The molecular weight excluding hydrogens is 393 g/mol. The zero-order chi connectivity index (χ0) is 20.9. The lowest BCUT2D eigenvalue weighted by Crippen LogP contribution is -2.45. The average molecular weight is 423 g/mol. The zero-order valence-electron chi connectivity index (χ0n) is 16.5. The van der Waals surface area contributed by atoms with Crippen molar-refractivity contribution in [3.63, 3.8) is 0 Å². The van der Waals surface area contributed by atoms with Gasteiger partial charge in [-0.15, -0.1) is 0 Å². The van der Waals surface area contributed by atoms with Crippen molar-refractivity contribution in [2.45, 2.75) is 51.6 Å². The molecule has 0 saturated carbocycles. The first-order chi connectivity index (χ1) is 13.0. The van der Waals surface area contributed by atoms with Gasteiger partial charge in [0.2, 0.25) is 10.0 Å². The van der Waals surface area contributed by atoms with Crippen LogP contribution >= 0.6 is 0 Å². The summed E-state index contributed by atoms with van der Waals surface area (Å²) >= 11 is 0. The number of halogens is 3. The smallest absolute Gasteiger partial charge is 0.367 e. The number of alkyl halides is 3. The Morgan fingerprint density at radius 2 is 1.93 bits per heavy atom. The Kier molecular flexibility index (Phi) is 7.89. The average Bonchev–Trinajstić information content (AvgIpc) is 2.58. The molecule has 5 nitrogen and oxygen atoms in total. The van der Waals surface area contributed by atoms with Crippen molar-refractivity contribution in [1.29, 1.82) is 0 Å². The molecule has 2 rings (SSSR count). The lowest BCUT2D eigenvalue weighted by molar-refractivity contribution is -0.196. The molecule has 1 aliphatic rings. The Balaban J connectivity index is 1.95. The number of hydrogen-bond acceptors (Lipinski definition) is 4. The third kappa shape index (κ3) is 7.69. The van der Waals surface area contributed by atoms with E-state index < -0.39 is 28.9 Å². The predicted octanol–water partition coefficient (Wildman–Crippen LogP) is 3.48. The maximum Gasteiger partial charge on any atom is 0.411 e. The molecule has 1 aliphatic heterocycles. The summed E-state index contributed by atoms with van der Waals surface area (Å²) in [6.07, 6.45) is -2.00. The lowest BCUT2D eigenvalue weighted by Gasteiger charge is -2.38. The molecule has 3 atom stereocenters. The van der Waals surface area contributed by atoms with Crippen LogP contribution in [0.1, 0.15) is 43.9 Å². The number of sulfonamides is 1. The fourth-order valence-electron chi connectivity index (χ4n) is 3.59. The fraction of sp³-hybridized carbons (Fsp3) is 0.684. The predicted molar refractivity (Wildman–Crippen MR) is 102 cm³/mol. The van der Waals surface area contributed by atoms with Crippen molar-refractivity contribution in [2.75, 3.05) is 26.0 Å². The minimum absolute atomic E-state index is 0.142. The highest BCUT2D eigenvalue weighted by Gasteiger charge is 2.34. The van der Waals surface area contributed by atoms with Crippen LogP contribution in [-0.2, 0) is 21.3 Å². The molecule has 0 aliphatic carbocycles. The van der Waals surface area contributed by atoms with Crippen LogP contribution in [0.15, 0.2) is 24.3 Å². The van der Waals surface area contributed by atoms with E-state index in [2.05, 4.69) is 9.62 Å². The molecule has 2 unspecified atom stereocenters. The Morgan fingerprint density at radius 1 is 1.29 bits per heavy atom. The number of ether oxygens (including phenoxy) is 1. The van der Waals surface area contributed by atoms with Crippen molar-refractivity contribution in [1.82, 2.24) is 9.62 Å². The van der Waals surface area contributed by atoms with Crippen molar-refractivity contribution in [3.8, 4) is 0 Å². The van der Waals surface area contributed by atoms with Crippen LogP contribution in [0.4, 0.5) is 13.2 Å². The van der Waals surface area contributed by atoms with Crippen LogP contribution in [0.5, 0.6) is 0 Å². The second kappa shape index (κ2) is 9.56. The first-order valence-corrected chi connectivity index (χ1v) is 11.3. The van der Waals surface area contributed by atoms with Crippen LogP contribution < -0.4 is 4.72 Å². The summed E-state index contributed by atoms with van der Waals surface area (Å²) in [6.45, 7) is 4.46. The molecule has 0 spiro atoms. The number of rotatable bonds is 8. The number of hydrogen-bond donors (Lipinski definition) is 1. The zero-order valence-corrected chi connectivity index (χ0v) is 17.3. The molecule has 9 heteroatoms. The number of nitrogens with zero attached hydrogens (tertiary/aromatic N) is 1. The van der Waals surface area contributed by atoms with Gasteiger partial charge in [0, 0.05) is 19.1 Å². The highest BCUT2D eigenvalue weighted by Crippen LogP contribution is 2.27. The number of likely N-dealkylation sites (tertiary alicyclic amines) is 1. The Hall–Kier alpha value is -1.16. The van der Waals surface area contributed by atoms with E-state index in [9.17, 15) is 21.6 Å². The van der Waals surface area contributed by atoms with E-state index >= 15 is 0 Å². The fourth-order valence-corrected chi connectivity index (χ4v) is 4.37. The Morgan fingerprint density at radius 3 is 2.46 bits per heavy atom.